The predicted molar refractivity (Wildman–Crippen MR) is 176 cm³/mol. The maximum Gasteiger partial charge on any atom is 0.267 e. The van der Waals surface area contributed by atoms with Gasteiger partial charge in [-0.2, -0.15) is 5.10 Å². The lowest BCUT2D eigenvalue weighted by atomic mass is 10.1. The van der Waals surface area contributed by atoms with Gasteiger partial charge in [0.05, 0.1) is 23.9 Å². The van der Waals surface area contributed by atoms with Crippen molar-refractivity contribution in [1.82, 2.24) is 4.90 Å². The van der Waals surface area contributed by atoms with Crippen molar-refractivity contribution < 1.29 is 23.1 Å². The third-order valence-electron chi connectivity index (χ3n) is 6.13. The molecule has 4 aromatic rings. The Kier molecular flexibility index (Phi) is 10.2. The highest BCUT2D eigenvalue weighted by Crippen LogP contribution is 2.36. The van der Waals surface area contributed by atoms with E-state index < -0.39 is 11.7 Å². The van der Waals surface area contributed by atoms with Crippen molar-refractivity contribution in [1.29, 1.82) is 0 Å². The van der Waals surface area contributed by atoms with Crippen LogP contribution >= 0.6 is 27.7 Å². The van der Waals surface area contributed by atoms with Crippen molar-refractivity contribution >= 4 is 68.7 Å². The number of nitrogens with zero attached hydrogens (tertiary/aromatic N) is 3. The molecule has 2 heterocycles. The molecule has 0 spiro atoms. The molecule has 8 nitrogen and oxygen atoms in total. The molecule has 0 atom stereocenters. The SMILES string of the molecule is CC(/C=N/N=C1\S/C(=C\c2cc(Br)ccc2OCC(=O)Nc2ccc(F)cc2)C(=O)N1Cc1ccco1)=C\c1ccccc1. The van der Waals surface area contributed by atoms with E-state index in [0.717, 1.165) is 15.6 Å². The molecule has 0 bridgehead atoms. The molecule has 222 valence electrons. The molecular weight excluding hydrogens is 647 g/mol. The fraction of sp³-hybridized carbons (Fsp3) is 0.0909. The van der Waals surface area contributed by atoms with Gasteiger partial charge in [0.1, 0.15) is 17.3 Å². The lowest BCUT2D eigenvalue weighted by Crippen LogP contribution is -2.28. The van der Waals surface area contributed by atoms with Crippen LogP contribution in [0, 0.1) is 5.82 Å². The summed E-state index contributed by atoms with van der Waals surface area (Å²) in [5.74, 6) is -0.111. The molecule has 3 aromatic carbocycles. The smallest absolute Gasteiger partial charge is 0.267 e. The molecule has 1 N–H and O–H groups in total. The van der Waals surface area contributed by atoms with E-state index in [1.165, 1.54) is 40.9 Å². The monoisotopic (exact) mass is 672 g/mol. The van der Waals surface area contributed by atoms with Gasteiger partial charge < -0.3 is 14.5 Å². The van der Waals surface area contributed by atoms with Crippen LogP contribution in [0.15, 0.2) is 121 Å². The summed E-state index contributed by atoms with van der Waals surface area (Å²) in [5.41, 5.74) is 2.96. The number of carbonyl (C=O) groups is 2. The molecule has 0 radical (unpaired) electrons. The van der Waals surface area contributed by atoms with Crippen LogP contribution in [-0.4, -0.2) is 34.7 Å². The average molecular weight is 674 g/mol. The predicted octanol–water partition coefficient (Wildman–Crippen LogP) is 7.76. The van der Waals surface area contributed by atoms with E-state index in [2.05, 4.69) is 31.4 Å². The van der Waals surface area contributed by atoms with Gasteiger partial charge in [-0.15, -0.1) is 5.10 Å². The lowest BCUT2D eigenvalue weighted by molar-refractivity contribution is -0.122. The molecule has 5 rings (SSSR count). The molecule has 1 fully saturated rings. The quantitative estimate of drug-likeness (QED) is 0.106. The summed E-state index contributed by atoms with van der Waals surface area (Å²) in [7, 11) is 0. The zero-order valence-electron chi connectivity index (χ0n) is 23.4. The van der Waals surface area contributed by atoms with E-state index >= 15 is 0 Å². The molecule has 1 aliphatic heterocycles. The van der Waals surface area contributed by atoms with Gasteiger partial charge in [0, 0.05) is 15.7 Å². The third-order valence-corrected chi connectivity index (χ3v) is 7.62. The van der Waals surface area contributed by atoms with E-state index in [-0.39, 0.29) is 19.1 Å². The summed E-state index contributed by atoms with van der Waals surface area (Å²) in [6, 6.07) is 24.1. The number of carbonyl (C=O) groups excluding carboxylic acids is 2. The first-order valence-corrected chi connectivity index (χ1v) is 15.0. The minimum atomic E-state index is -0.419. The van der Waals surface area contributed by atoms with Gasteiger partial charge in [-0.25, -0.2) is 4.39 Å². The zero-order chi connectivity index (χ0) is 30.9. The molecule has 1 aromatic heterocycles. The summed E-state index contributed by atoms with van der Waals surface area (Å²) in [6.45, 7) is 1.80. The highest BCUT2D eigenvalue weighted by Gasteiger charge is 2.34. The van der Waals surface area contributed by atoms with E-state index in [4.69, 9.17) is 9.15 Å². The number of anilines is 1. The molecule has 0 saturated carbocycles. The summed E-state index contributed by atoms with van der Waals surface area (Å²) in [6.07, 6.45) is 6.85. The molecule has 1 aliphatic rings. The van der Waals surface area contributed by atoms with Crippen LogP contribution in [0.2, 0.25) is 0 Å². The first-order chi connectivity index (χ1) is 21.3. The number of allylic oxidation sites excluding steroid dienone is 1. The van der Waals surface area contributed by atoms with Crippen LogP contribution < -0.4 is 10.1 Å². The molecule has 44 heavy (non-hydrogen) atoms. The number of rotatable bonds is 10. The van der Waals surface area contributed by atoms with Gasteiger partial charge in [0.25, 0.3) is 11.8 Å². The van der Waals surface area contributed by atoms with Gasteiger partial charge in [0.2, 0.25) is 0 Å². The highest BCUT2D eigenvalue weighted by atomic mass is 79.9. The number of halogens is 2. The van der Waals surface area contributed by atoms with E-state index in [1.807, 2.05) is 43.3 Å². The van der Waals surface area contributed by atoms with Crippen molar-refractivity contribution in [3.05, 3.63) is 129 Å². The number of benzene rings is 3. The first-order valence-electron chi connectivity index (χ1n) is 13.4. The fourth-order valence-electron chi connectivity index (χ4n) is 4.08. The number of hydrogen-bond donors (Lipinski definition) is 1. The van der Waals surface area contributed by atoms with Crippen molar-refractivity contribution in [3.8, 4) is 5.75 Å². The van der Waals surface area contributed by atoms with Gasteiger partial charge in [-0.3, -0.25) is 14.5 Å². The van der Waals surface area contributed by atoms with Crippen molar-refractivity contribution in [2.45, 2.75) is 13.5 Å². The van der Waals surface area contributed by atoms with Crippen molar-refractivity contribution in [2.75, 3.05) is 11.9 Å². The maximum atomic E-state index is 13.6. The van der Waals surface area contributed by atoms with Crippen molar-refractivity contribution in [2.24, 2.45) is 10.2 Å². The zero-order valence-corrected chi connectivity index (χ0v) is 25.8. The van der Waals surface area contributed by atoms with Gasteiger partial charge in [-0.05, 0) is 90.5 Å². The second-order valence-electron chi connectivity index (χ2n) is 9.53. The standard InChI is InChI=1S/C33H26BrFN4O4S/c1-22(16-23-6-3-2-4-7-23)19-36-38-33-39(20-28-8-5-15-42-28)32(41)30(44-33)18-24-17-25(34)9-14-29(24)43-21-31(40)37-27-12-10-26(35)11-13-27/h2-19H,20-21H2,1H3,(H,37,40)/b22-16+,30-18-,36-19+,38-33-. The Hall–Kier alpha value is -4.74. The van der Waals surface area contributed by atoms with Crippen molar-refractivity contribution in [3.63, 3.8) is 0 Å². The molecule has 11 heteroatoms. The Morgan fingerprint density at radius 2 is 1.89 bits per heavy atom. The normalized spacial score (nSPS) is 15.5. The Balaban J connectivity index is 1.35. The number of thioether (sulfide) groups is 1. The van der Waals surface area contributed by atoms with Crippen LogP contribution in [0.25, 0.3) is 12.2 Å². The summed E-state index contributed by atoms with van der Waals surface area (Å²) >= 11 is 4.64. The molecule has 2 amide bonds. The van der Waals surface area contributed by atoms with Crippen LogP contribution in [0.3, 0.4) is 0 Å². The number of amidine groups is 1. The van der Waals surface area contributed by atoms with E-state index in [1.54, 1.807) is 48.9 Å². The average Bonchev–Trinajstić information content (AvgIpc) is 3.63. The Bertz CT molecular complexity index is 1750. The highest BCUT2D eigenvalue weighted by molar-refractivity contribution is 9.10. The number of ether oxygens (including phenoxy) is 1. The first kappa shape index (κ1) is 30.7. The van der Waals surface area contributed by atoms with E-state index in [9.17, 15) is 14.0 Å². The van der Waals surface area contributed by atoms with Gasteiger partial charge >= 0.3 is 0 Å². The van der Waals surface area contributed by atoms with Gasteiger partial charge in [0.15, 0.2) is 11.8 Å². The Labute approximate surface area is 266 Å². The van der Waals surface area contributed by atoms with Crippen LogP contribution in [-0.2, 0) is 16.1 Å². The number of amides is 2. The summed E-state index contributed by atoms with van der Waals surface area (Å²) in [4.78, 5) is 27.9. The Morgan fingerprint density at radius 3 is 2.64 bits per heavy atom. The largest absolute Gasteiger partial charge is 0.483 e. The minimum absolute atomic E-state index is 0.175. The third kappa shape index (κ3) is 8.42. The fourth-order valence-corrected chi connectivity index (χ4v) is 5.38. The number of nitrogens with one attached hydrogen (secondary N) is 1. The molecule has 0 aliphatic carbocycles. The lowest BCUT2D eigenvalue weighted by Gasteiger charge is -2.13. The van der Waals surface area contributed by atoms with Gasteiger partial charge in [-0.1, -0.05) is 52.3 Å². The molecule has 0 unspecified atom stereocenters. The molecule has 1 saturated heterocycles. The topological polar surface area (TPSA) is 96.5 Å². The second kappa shape index (κ2) is 14.6. The minimum Gasteiger partial charge on any atom is -0.483 e. The molecular formula is C33H26BrFN4O4S. The van der Waals surface area contributed by atoms with Crippen LogP contribution in [0.1, 0.15) is 23.8 Å². The number of furan rings is 1. The second-order valence-corrected chi connectivity index (χ2v) is 11.5. The summed E-state index contributed by atoms with van der Waals surface area (Å²) < 4.78 is 25.2. The summed E-state index contributed by atoms with van der Waals surface area (Å²) in [5, 5.41) is 11.7. The number of hydrogen-bond acceptors (Lipinski definition) is 7. The maximum absolute atomic E-state index is 13.6. The van der Waals surface area contributed by atoms with Crippen LogP contribution in [0.4, 0.5) is 10.1 Å². The van der Waals surface area contributed by atoms with Crippen LogP contribution in [0.5, 0.6) is 5.75 Å². The Morgan fingerprint density at radius 1 is 1.09 bits per heavy atom. The van der Waals surface area contributed by atoms with E-state index in [0.29, 0.717) is 32.8 Å².